The quantitative estimate of drug-likeness (QED) is 0.346. The van der Waals surface area contributed by atoms with Crippen molar-refractivity contribution in [2.75, 3.05) is 10.6 Å². The van der Waals surface area contributed by atoms with Crippen LogP contribution in [-0.4, -0.2) is 11.8 Å². The van der Waals surface area contributed by atoms with Gasteiger partial charge in [-0.05, 0) is 70.4 Å². The minimum Gasteiger partial charge on any atom is -0.322 e. The molecule has 4 nitrogen and oxygen atoms in total. The van der Waals surface area contributed by atoms with Gasteiger partial charge in [0.2, 0.25) is 0 Å². The van der Waals surface area contributed by atoms with E-state index in [4.69, 9.17) is 0 Å². The van der Waals surface area contributed by atoms with Gasteiger partial charge in [0.25, 0.3) is 11.8 Å². The number of anilines is 2. The summed E-state index contributed by atoms with van der Waals surface area (Å²) in [7, 11) is 0. The lowest BCUT2D eigenvalue weighted by Gasteiger charge is -2.12. The van der Waals surface area contributed by atoms with Crippen LogP contribution in [0.3, 0.4) is 0 Å². The summed E-state index contributed by atoms with van der Waals surface area (Å²) in [5, 5.41) is 7.79. The lowest BCUT2D eigenvalue weighted by atomic mass is 10.0. The number of carbonyl (C=O) groups is 2. The number of hydrogen-bond acceptors (Lipinski definition) is 2. The van der Waals surface area contributed by atoms with Gasteiger partial charge in [-0.25, -0.2) is 0 Å². The van der Waals surface area contributed by atoms with Crippen molar-refractivity contribution >= 4 is 56.6 Å². The predicted octanol–water partition coefficient (Wildman–Crippen LogP) is 5.95. The third-order valence-electron chi connectivity index (χ3n) is 4.56. The third kappa shape index (κ3) is 4.30. The molecule has 0 spiro atoms. The molecule has 0 aliphatic rings. The number of amides is 2. The van der Waals surface area contributed by atoms with E-state index in [9.17, 15) is 9.59 Å². The Morgan fingerprint density at radius 1 is 0.621 bits per heavy atom. The monoisotopic (exact) mass is 492 g/mol. The van der Waals surface area contributed by atoms with Crippen molar-refractivity contribution in [1.29, 1.82) is 0 Å². The van der Waals surface area contributed by atoms with Crippen molar-refractivity contribution in [2.24, 2.45) is 0 Å². The molecule has 4 aromatic carbocycles. The molecule has 0 aromatic heterocycles. The summed E-state index contributed by atoms with van der Waals surface area (Å²) in [6.07, 6.45) is 0. The second kappa shape index (κ2) is 8.45. The molecular formula is C24H17IN2O2. The molecule has 2 amide bonds. The van der Waals surface area contributed by atoms with Gasteiger partial charge in [0.05, 0.1) is 11.1 Å². The summed E-state index contributed by atoms with van der Waals surface area (Å²) in [6.45, 7) is 0. The van der Waals surface area contributed by atoms with Gasteiger partial charge in [-0.1, -0.05) is 48.5 Å². The van der Waals surface area contributed by atoms with Crippen LogP contribution >= 0.6 is 22.6 Å². The molecule has 0 unspecified atom stereocenters. The van der Waals surface area contributed by atoms with Gasteiger partial charge in [0, 0.05) is 20.3 Å². The van der Waals surface area contributed by atoms with Crippen molar-refractivity contribution in [3.63, 3.8) is 0 Å². The Kier molecular flexibility index (Phi) is 5.57. The predicted molar refractivity (Wildman–Crippen MR) is 125 cm³/mol. The highest BCUT2D eigenvalue weighted by Gasteiger charge is 2.17. The van der Waals surface area contributed by atoms with Crippen LogP contribution < -0.4 is 10.6 Å². The number of benzene rings is 4. The van der Waals surface area contributed by atoms with E-state index < -0.39 is 0 Å². The Balaban J connectivity index is 1.61. The first-order chi connectivity index (χ1) is 14.1. The van der Waals surface area contributed by atoms with E-state index in [0.717, 1.165) is 14.3 Å². The molecule has 2 N–H and O–H groups in total. The molecule has 0 fully saturated rings. The highest BCUT2D eigenvalue weighted by atomic mass is 127. The second-order valence-corrected chi connectivity index (χ2v) is 7.73. The van der Waals surface area contributed by atoms with Gasteiger partial charge in [-0.2, -0.15) is 0 Å². The van der Waals surface area contributed by atoms with E-state index in [2.05, 4.69) is 33.2 Å². The number of carbonyl (C=O) groups excluding carboxylic acids is 2. The fourth-order valence-electron chi connectivity index (χ4n) is 3.13. The fraction of sp³-hybridized carbons (Fsp3) is 0. The highest BCUT2D eigenvalue weighted by Crippen LogP contribution is 2.24. The number of halogens is 1. The van der Waals surface area contributed by atoms with E-state index in [0.29, 0.717) is 22.5 Å². The zero-order chi connectivity index (χ0) is 20.2. The zero-order valence-electron chi connectivity index (χ0n) is 15.4. The molecule has 0 bridgehead atoms. The van der Waals surface area contributed by atoms with Crippen LogP contribution in [0.25, 0.3) is 10.8 Å². The van der Waals surface area contributed by atoms with Crippen molar-refractivity contribution in [2.45, 2.75) is 0 Å². The molecule has 0 aliphatic carbocycles. The van der Waals surface area contributed by atoms with Crippen LogP contribution in [0.4, 0.5) is 11.4 Å². The van der Waals surface area contributed by atoms with Crippen molar-refractivity contribution in [1.82, 2.24) is 0 Å². The average Bonchev–Trinajstić information content (AvgIpc) is 2.75. The van der Waals surface area contributed by atoms with Gasteiger partial charge in [0.15, 0.2) is 0 Å². The largest absolute Gasteiger partial charge is 0.322 e. The Morgan fingerprint density at radius 2 is 1.21 bits per heavy atom. The third-order valence-corrected chi connectivity index (χ3v) is 5.28. The molecular weight excluding hydrogens is 475 g/mol. The Hall–Kier alpha value is -3.19. The van der Waals surface area contributed by atoms with Crippen molar-refractivity contribution in [3.05, 3.63) is 106 Å². The van der Waals surface area contributed by atoms with Crippen molar-refractivity contribution < 1.29 is 9.59 Å². The molecule has 5 heteroatoms. The molecule has 4 rings (SSSR count). The van der Waals surface area contributed by atoms with Crippen molar-refractivity contribution in [3.8, 4) is 0 Å². The summed E-state index contributed by atoms with van der Waals surface area (Å²) in [5.41, 5.74) is 2.04. The Bertz CT molecular complexity index is 1200. The first-order valence-electron chi connectivity index (χ1n) is 9.07. The standard InChI is InChI=1S/C24H17IN2O2/c25-17-12-14-18(15-13-17)26-23(28)20-9-3-4-10-21(20)24(29)27-22-11-5-7-16-6-1-2-8-19(16)22/h1-15H,(H,26,28)(H,27,29). The van der Waals surface area contributed by atoms with Gasteiger partial charge >= 0.3 is 0 Å². The Morgan fingerprint density at radius 3 is 1.93 bits per heavy atom. The maximum Gasteiger partial charge on any atom is 0.256 e. The summed E-state index contributed by atoms with van der Waals surface area (Å²) >= 11 is 2.21. The average molecular weight is 492 g/mol. The van der Waals surface area contributed by atoms with Crippen LogP contribution in [-0.2, 0) is 0 Å². The smallest absolute Gasteiger partial charge is 0.256 e. The van der Waals surface area contributed by atoms with Crippen LogP contribution in [0, 0.1) is 3.57 Å². The molecule has 0 atom stereocenters. The summed E-state index contributed by atoms with van der Waals surface area (Å²) in [6, 6.07) is 27.9. The van der Waals surface area contributed by atoms with Gasteiger partial charge < -0.3 is 10.6 Å². The molecule has 0 radical (unpaired) electrons. The minimum absolute atomic E-state index is 0.323. The number of hydrogen-bond donors (Lipinski definition) is 2. The number of fused-ring (bicyclic) bond motifs is 1. The van der Waals surface area contributed by atoms with Crippen LogP contribution in [0.15, 0.2) is 91.0 Å². The minimum atomic E-state index is -0.324. The second-order valence-electron chi connectivity index (χ2n) is 6.49. The molecule has 0 heterocycles. The number of rotatable bonds is 4. The zero-order valence-corrected chi connectivity index (χ0v) is 17.5. The topological polar surface area (TPSA) is 58.2 Å². The maximum atomic E-state index is 13.0. The lowest BCUT2D eigenvalue weighted by molar-refractivity contribution is 0.0990. The van der Waals surface area contributed by atoms with E-state index >= 15 is 0 Å². The van der Waals surface area contributed by atoms with Crippen LogP contribution in [0.5, 0.6) is 0 Å². The first-order valence-corrected chi connectivity index (χ1v) is 10.1. The van der Waals surface area contributed by atoms with E-state index in [1.165, 1.54) is 0 Å². The lowest BCUT2D eigenvalue weighted by Crippen LogP contribution is -2.20. The normalized spacial score (nSPS) is 10.5. The van der Waals surface area contributed by atoms with Crippen LogP contribution in [0.1, 0.15) is 20.7 Å². The SMILES string of the molecule is O=C(Nc1ccc(I)cc1)c1ccccc1C(=O)Nc1cccc2ccccc12. The molecule has 0 saturated heterocycles. The molecule has 0 saturated carbocycles. The van der Waals surface area contributed by atoms with Gasteiger partial charge in [0.1, 0.15) is 0 Å². The molecule has 142 valence electrons. The van der Waals surface area contributed by atoms with E-state index in [1.807, 2.05) is 66.7 Å². The van der Waals surface area contributed by atoms with Gasteiger partial charge in [-0.3, -0.25) is 9.59 Å². The van der Waals surface area contributed by atoms with E-state index in [1.54, 1.807) is 24.3 Å². The fourth-order valence-corrected chi connectivity index (χ4v) is 3.49. The van der Waals surface area contributed by atoms with E-state index in [-0.39, 0.29) is 11.8 Å². The first kappa shape index (κ1) is 19.1. The molecule has 4 aromatic rings. The highest BCUT2D eigenvalue weighted by molar-refractivity contribution is 14.1. The molecule has 0 aliphatic heterocycles. The molecule has 29 heavy (non-hydrogen) atoms. The summed E-state index contributed by atoms with van der Waals surface area (Å²) in [5.74, 6) is -0.649. The maximum absolute atomic E-state index is 13.0. The summed E-state index contributed by atoms with van der Waals surface area (Å²) < 4.78 is 1.08. The Labute approximate surface area is 182 Å². The van der Waals surface area contributed by atoms with Crippen LogP contribution in [0.2, 0.25) is 0 Å². The summed E-state index contributed by atoms with van der Waals surface area (Å²) in [4.78, 5) is 25.8. The van der Waals surface area contributed by atoms with Gasteiger partial charge in [-0.15, -0.1) is 0 Å². The number of nitrogens with one attached hydrogen (secondary N) is 2.